The predicted octanol–water partition coefficient (Wildman–Crippen LogP) is 4.00. The number of nitro benzene ring substituents is 1. The van der Waals surface area contributed by atoms with Crippen molar-refractivity contribution in [3.8, 4) is 11.3 Å². The molecule has 0 atom stereocenters. The lowest BCUT2D eigenvalue weighted by molar-refractivity contribution is -0.384. The van der Waals surface area contributed by atoms with Gasteiger partial charge in [0.2, 0.25) is 0 Å². The first-order valence-corrected chi connectivity index (χ1v) is 7.51. The summed E-state index contributed by atoms with van der Waals surface area (Å²) in [5.74, 6) is -0.372. The number of anilines is 1. The Kier molecular flexibility index (Phi) is 4.75. The molecule has 0 saturated carbocycles. The summed E-state index contributed by atoms with van der Waals surface area (Å²) in [6.07, 6.45) is 1.36. The Morgan fingerprint density at radius 3 is 2.62 bits per heavy atom. The highest BCUT2D eigenvalue weighted by atomic mass is 16.6. The minimum Gasteiger partial charge on any atom is -0.478 e. The first-order chi connectivity index (χ1) is 12.6. The maximum Gasteiger partial charge on any atom is 0.337 e. The van der Waals surface area contributed by atoms with Crippen LogP contribution in [0, 0.1) is 10.1 Å². The normalized spacial score (nSPS) is 10.8. The second-order valence-electron chi connectivity index (χ2n) is 5.20. The molecule has 0 amide bonds. The molecule has 0 spiro atoms. The number of nitrogens with one attached hydrogen (secondary N) is 1. The van der Waals surface area contributed by atoms with E-state index in [0.29, 0.717) is 22.8 Å². The fraction of sp³-hybridized carbons (Fsp3) is 0. The van der Waals surface area contributed by atoms with E-state index in [1.165, 1.54) is 18.3 Å². The molecule has 0 aliphatic carbocycles. The van der Waals surface area contributed by atoms with E-state index in [1.54, 1.807) is 48.5 Å². The molecule has 8 nitrogen and oxygen atoms in total. The van der Waals surface area contributed by atoms with Crippen LogP contribution >= 0.6 is 0 Å². The SMILES string of the molecule is O=C(O)c1ccccc1N/N=C\c1ccc(-c2ccccc2[N+](=O)[O-])o1. The molecule has 0 saturated heterocycles. The zero-order valence-electron chi connectivity index (χ0n) is 13.3. The molecule has 0 fully saturated rings. The van der Waals surface area contributed by atoms with Crippen molar-refractivity contribution in [2.45, 2.75) is 0 Å². The van der Waals surface area contributed by atoms with E-state index in [2.05, 4.69) is 10.5 Å². The van der Waals surface area contributed by atoms with Crippen LogP contribution in [0.25, 0.3) is 11.3 Å². The summed E-state index contributed by atoms with van der Waals surface area (Å²) >= 11 is 0. The van der Waals surface area contributed by atoms with Crippen LogP contribution < -0.4 is 5.43 Å². The highest BCUT2D eigenvalue weighted by Crippen LogP contribution is 2.30. The molecule has 0 aliphatic heterocycles. The summed E-state index contributed by atoms with van der Waals surface area (Å²) in [4.78, 5) is 21.8. The molecule has 8 heteroatoms. The predicted molar refractivity (Wildman–Crippen MR) is 95.4 cm³/mol. The van der Waals surface area contributed by atoms with E-state index in [-0.39, 0.29) is 11.3 Å². The molecule has 2 N–H and O–H groups in total. The maximum atomic E-state index is 11.1. The molecule has 0 radical (unpaired) electrons. The summed E-state index contributed by atoms with van der Waals surface area (Å²) in [6, 6.07) is 15.8. The molecule has 3 aromatic rings. The fourth-order valence-corrected chi connectivity index (χ4v) is 2.34. The van der Waals surface area contributed by atoms with Gasteiger partial charge in [-0.25, -0.2) is 4.79 Å². The van der Waals surface area contributed by atoms with Crippen molar-refractivity contribution >= 4 is 23.6 Å². The van der Waals surface area contributed by atoms with E-state index >= 15 is 0 Å². The van der Waals surface area contributed by atoms with Crippen LogP contribution in [0.4, 0.5) is 11.4 Å². The Balaban J connectivity index is 1.79. The molecule has 130 valence electrons. The van der Waals surface area contributed by atoms with Crippen LogP contribution in [0.1, 0.15) is 16.1 Å². The van der Waals surface area contributed by atoms with Gasteiger partial charge in [0.1, 0.15) is 11.5 Å². The number of hydrogen-bond acceptors (Lipinski definition) is 6. The second-order valence-corrected chi connectivity index (χ2v) is 5.20. The Bertz CT molecular complexity index is 994. The minimum absolute atomic E-state index is 0.0566. The average molecular weight is 351 g/mol. The molecule has 2 aromatic carbocycles. The van der Waals surface area contributed by atoms with Crippen molar-refractivity contribution in [1.29, 1.82) is 0 Å². The van der Waals surface area contributed by atoms with E-state index in [9.17, 15) is 14.9 Å². The Labute approximate surface area is 147 Å². The number of carboxylic acids is 1. The fourth-order valence-electron chi connectivity index (χ4n) is 2.34. The molecule has 0 bridgehead atoms. The number of hydrogen-bond donors (Lipinski definition) is 2. The number of aromatic carboxylic acids is 1. The van der Waals surface area contributed by atoms with Crippen LogP contribution in [0.2, 0.25) is 0 Å². The first-order valence-electron chi connectivity index (χ1n) is 7.51. The smallest absolute Gasteiger partial charge is 0.337 e. The lowest BCUT2D eigenvalue weighted by Gasteiger charge is -2.03. The van der Waals surface area contributed by atoms with Gasteiger partial charge in [0.15, 0.2) is 0 Å². The number of carbonyl (C=O) groups is 1. The lowest BCUT2D eigenvalue weighted by Crippen LogP contribution is -2.01. The van der Waals surface area contributed by atoms with Gasteiger partial charge >= 0.3 is 5.97 Å². The van der Waals surface area contributed by atoms with Gasteiger partial charge in [-0.15, -0.1) is 0 Å². The summed E-state index contributed by atoms with van der Waals surface area (Å²) in [7, 11) is 0. The molecular formula is C18H13N3O5. The van der Waals surface area contributed by atoms with Crippen molar-refractivity contribution < 1.29 is 19.2 Å². The van der Waals surface area contributed by atoms with Crippen molar-refractivity contribution in [3.05, 3.63) is 82.1 Å². The minimum atomic E-state index is -1.07. The lowest BCUT2D eigenvalue weighted by atomic mass is 10.1. The van der Waals surface area contributed by atoms with Gasteiger partial charge in [0, 0.05) is 6.07 Å². The summed E-state index contributed by atoms with van der Waals surface area (Å²) < 4.78 is 5.57. The van der Waals surface area contributed by atoms with E-state index in [4.69, 9.17) is 9.52 Å². The van der Waals surface area contributed by atoms with Crippen LogP contribution in [0.5, 0.6) is 0 Å². The summed E-state index contributed by atoms with van der Waals surface area (Å²) in [6.45, 7) is 0. The standard InChI is InChI=1S/C18H13N3O5/c22-18(23)13-5-1-3-7-15(13)20-19-11-12-9-10-17(26-12)14-6-2-4-8-16(14)21(24)25/h1-11,20H,(H,22,23)/b19-11-. The molecule has 1 aromatic heterocycles. The van der Waals surface area contributed by atoms with Crippen LogP contribution in [-0.2, 0) is 0 Å². The molecule has 26 heavy (non-hydrogen) atoms. The Morgan fingerprint density at radius 2 is 1.85 bits per heavy atom. The zero-order chi connectivity index (χ0) is 18.5. The van der Waals surface area contributed by atoms with Gasteiger partial charge in [-0.1, -0.05) is 24.3 Å². The second kappa shape index (κ2) is 7.31. The molecule has 3 rings (SSSR count). The van der Waals surface area contributed by atoms with Gasteiger partial charge in [-0.2, -0.15) is 5.10 Å². The number of carboxylic acid groups (broad SMARTS) is 1. The third kappa shape index (κ3) is 3.59. The third-order valence-corrected chi connectivity index (χ3v) is 3.53. The van der Waals surface area contributed by atoms with Crippen LogP contribution in [-0.4, -0.2) is 22.2 Å². The maximum absolute atomic E-state index is 11.1. The van der Waals surface area contributed by atoms with Crippen LogP contribution in [0.15, 0.2) is 70.2 Å². The largest absolute Gasteiger partial charge is 0.478 e. The molecule has 0 unspecified atom stereocenters. The third-order valence-electron chi connectivity index (χ3n) is 3.53. The molecule has 0 aliphatic rings. The van der Waals surface area contributed by atoms with E-state index < -0.39 is 10.9 Å². The topological polar surface area (TPSA) is 118 Å². The number of benzene rings is 2. The zero-order valence-corrected chi connectivity index (χ0v) is 13.3. The number of rotatable bonds is 6. The van der Waals surface area contributed by atoms with Gasteiger partial charge in [0.05, 0.1) is 28.0 Å². The van der Waals surface area contributed by atoms with E-state index in [1.807, 2.05) is 0 Å². The van der Waals surface area contributed by atoms with Gasteiger partial charge in [-0.3, -0.25) is 15.5 Å². The quantitative estimate of drug-likeness (QED) is 0.394. The van der Waals surface area contributed by atoms with Crippen molar-refractivity contribution in [2.75, 3.05) is 5.43 Å². The highest BCUT2D eigenvalue weighted by molar-refractivity contribution is 5.94. The number of hydrazone groups is 1. The summed E-state index contributed by atoms with van der Waals surface area (Å²) in [5.41, 5.74) is 3.37. The Hall–Kier alpha value is -3.94. The Morgan fingerprint density at radius 1 is 1.12 bits per heavy atom. The monoisotopic (exact) mass is 351 g/mol. The van der Waals surface area contributed by atoms with E-state index in [0.717, 1.165) is 0 Å². The summed E-state index contributed by atoms with van der Waals surface area (Å²) in [5, 5.41) is 24.2. The molecule has 1 heterocycles. The van der Waals surface area contributed by atoms with Crippen molar-refractivity contribution in [3.63, 3.8) is 0 Å². The number of nitrogens with zero attached hydrogens (tertiary/aromatic N) is 2. The van der Waals surface area contributed by atoms with Gasteiger partial charge in [0.25, 0.3) is 5.69 Å². The van der Waals surface area contributed by atoms with Gasteiger partial charge < -0.3 is 9.52 Å². The number of furan rings is 1. The average Bonchev–Trinajstić information content (AvgIpc) is 3.10. The molecular weight excluding hydrogens is 338 g/mol. The highest BCUT2D eigenvalue weighted by Gasteiger charge is 2.16. The van der Waals surface area contributed by atoms with Crippen molar-refractivity contribution in [1.82, 2.24) is 0 Å². The number of nitro groups is 1. The number of para-hydroxylation sites is 2. The van der Waals surface area contributed by atoms with Crippen molar-refractivity contribution in [2.24, 2.45) is 5.10 Å². The van der Waals surface area contributed by atoms with Crippen LogP contribution in [0.3, 0.4) is 0 Å². The first kappa shape index (κ1) is 16.9. The van der Waals surface area contributed by atoms with Gasteiger partial charge in [-0.05, 0) is 30.3 Å².